The van der Waals surface area contributed by atoms with Crippen molar-refractivity contribution in [1.29, 1.82) is 0 Å². The number of thiophene rings is 1. The van der Waals surface area contributed by atoms with Crippen LogP contribution in [0.15, 0.2) is 75.9 Å². The molecule has 2 heterocycles. The normalized spacial score (nSPS) is 16.7. The summed E-state index contributed by atoms with van der Waals surface area (Å²) < 4.78 is 30.4. The predicted molar refractivity (Wildman–Crippen MR) is 103 cm³/mol. The Bertz CT molecular complexity index is 925. The lowest BCUT2D eigenvalue weighted by atomic mass is 10.0. The van der Waals surface area contributed by atoms with Crippen LogP contribution in [0.1, 0.15) is 22.1 Å². The van der Waals surface area contributed by atoms with Gasteiger partial charge in [0.15, 0.2) is 0 Å². The number of nitrogens with zero attached hydrogens (tertiary/aromatic N) is 1. The van der Waals surface area contributed by atoms with E-state index in [1.54, 1.807) is 35.2 Å². The minimum absolute atomic E-state index is 0.0607. The Balaban J connectivity index is 1.78. The maximum Gasteiger partial charge on any atom is 0.387 e. The third kappa shape index (κ3) is 3.66. The first-order valence-electron chi connectivity index (χ1n) is 8.11. The average Bonchev–Trinajstić information content (AvgIpc) is 3.09. The van der Waals surface area contributed by atoms with Gasteiger partial charge >= 0.3 is 6.61 Å². The van der Waals surface area contributed by atoms with Gasteiger partial charge in [-0.25, -0.2) is 0 Å². The zero-order valence-electron chi connectivity index (χ0n) is 13.6. The highest BCUT2D eigenvalue weighted by molar-refractivity contribution is 7.99. The van der Waals surface area contributed by atoms with Gasteiger partial charge in [-0.15, -0.1) is 23.1 Å². The third-order valence-electron chi connectivity index (χ3n) is 4.06. The molecule has 1 atom stereocenters. The van der Waals surface area contributed by atoms with E-state index in [-0.39, 0.29) is 11.0 Å². The van der Waals surface area contributed by atoms with Crippen LogP contribution in [0, 0.1) is 0 Å². The van der Waals surface area contributed by atoms with Crippen LogP contribution in [0.5, 0.6) is 5.75 Å². The summed E-state index contributed by atoms with van der Waals surface area (Å²) in [6.45, 7) is -2.84. The summed E-state index contributed by atoms with van der Waals surface area (Å²) in [4.78, 5) is 7.00. The molecular weight excluding hydrogens is 372 g/mol. The van der Waals surface area contributed by atoms with Gasteiger partial charge in [0, 0.05) is 27.0 Å². The van der Waals surface area contributed by atoms with Crippen molar-refractivity contribution < 1.29 is 13.5 Å². The van der Waals surface area contributed by atoms with Gasteiger partial charge in [-0.2, -0.15) is 8.78 Å². The molecule has 0 spiro atoms. The van der Waals surface area contributed by atoms with Crippen molar-refractivity contribution in [3.8, 4) is 5.75 Å². The second-order valence-corrected chi connectivity index (χ2v) is 7.92. The number of halogens is 2. The van der Waals surface area contributed by atoms with Gasteiger partial charge in [0.1, 0.15) is 5.75 Å². The molecule has 4 rings (SSSR count). The Hall–Kier alpha value is -2.18. The van der Waals surface area contributed by atoms with Crippen LogP contribution in [-0.2, 0) is 0 Å². The highest BCUT2D eigenvalue weighted by Gasteiger charge is 2.25. The highest BCUT2D eigenvalue weighted by Crippen LogP contribution is 2.48. The van der Waals surface area contributed by atoms with Gasteiger partial charge in [-0.1, -0.05) is 36.4 Å². The molecule has 0 fully saturated rings. The molecule has 0 amide bonds. The van der Waals surface area contributed by atoms with E-state index < -0.39 is 6.61 Å². The first-order chi connectivity index (χ1) is 12.7. The number of benzene rings is 2. The molecule has 0 radical (unpaired) electrons. The van der Waals surface area contributed by atoms with E-state index in [0.717, 1.165) is 26.7 Å². The Morgan fingerprint density at radius 2 is 1.81 bits per heavy atom. The van der Waals surface area contributed by atoms with Crippen molar-refractivity contribution in [2.45, 2.75) is 23.2 Å². The zero-order valence-corrected chi connectivity index (χ0v) is 15.3. The largest absolute Gasteiger partial charge is 0.435 e. The molecule has 26 heavy (non-hydrogen) atoms. The lowest BCUT2D eigenvalue weighted by Gasteiger charge is -2.19. The number of hydrogen-bond acceptors (Lipinski definition) is 4. The van der Waals surface area contributed by atoms with Gasteiger partial charge in [0.05, 0.1) is 11.4 Å². The molecule has 6 heteroatoms. The standard InChI is InChI=1S/C20H15F2NOS2/c21-20(22)24-16-8-3-1-6-13(16)19-12-15(17-10-5-11-25-17)23-14-7-2-4-9-18(14)26-19/h1-11,19-20H,12H2/t19-/m1/s1. The minimum Gasteiger partial charge on any atom is -0.435 e. The van der Waals surface area contributed by atoms with Crippen LogP contribution in [-0.4, -0.2) is 12.3 Å². The molecule has 0 saturated heterocycles. The number of aliphatic imine (C=N–C) groups is 1. The van der Waals surface area contributed by atoms with Crippen LogP contribution in [0.3, 0.4) is 0 Å². The first-order valence-corrected chi connectivity index (χ1v) is 9.87. The number of thioether (sulfide) groups is 1. The monoisotopic (exact) mass is 387 g/mol. The van der Waals surface area contributed by atoms with E-state index in [4.69, 9.17) is 9.73 Å². The fraction of sp³-hybridized carbons (Fsp3) is 0.150. The van der Waals surface area contributed by atoms with Gasteiger partial charge < -0.3 is 4.74 Å². The van der Waals surface area contributed by atoms with Crippen LogP contribution in [0.4, 0.5) is 14.5 Å². The second kappa shape index (κ2) is 7.60. The molecule has 0 N–H and O–H groups in total. The summed E-state index contributed by atoms with van der Waals surface area (Å²) in [6.07, 6.45) is 0.642. The van der Waals surface area contributed by atoms with Crippen molar-refractivity contribution in [2.24, 2.45) is 4.99 Å². The predicted octanol–water partition coefficient (Wildman–Crippen LogP) is 6.71. The van der Waals surface area contributed by atoms with Gasteiger partial charge in [-0.3, -0.25) is 4.99 Å². The lowest BCUT2D eigenvalue weighted by molar-refractivity contribution is -0.0504. The summed E-state index contributed by atoms with van der Waals surface area (Å²) in [5.74, 6) is 0.227. The molecule has 1 aliphatic heterocycles. The van der Waals surface area contributed by atoms with E-state index in [9.17, 15) is 8.78 Å². The maximum absolute atomic E-state index is 12.8. The molecule has 2 nitrogen and oxygen atoms in total. The molecule has 1 aromatic heterocycles. The first kappa shape index (κ1) is 17.2. The smallest absolute Gasteiger partial charge is 0.387 e. The molecule has 0 unspecified atom stereocenters. The number of para-hydroxylation sites is 2. The number of ether oxygens (including phenoxy) is 1. The molecule has 0 saturated carbocycles. The Morgan fingerprint density at radius 3 is 2.62 bits per heavy atom. The fourth-order valence-corrected chi connectivity index (χ4v) is 4.92. The van der Waals surface area contributed by atoms with Crippen molar-refractivity contribution in [2.75, 3.05) is 0 Å². The van der Waals surface area contributed by atoms with Crippen molar-refractivity contribution in [3.63, 3.8) is 0 Å². The van der Waals surface area contributed by atoms with Crippen LogP contribution in [0.2, 0.25) is 0 Å². The van der Waals surface area contributed by atoms with E-state index in [1.807, 2.05) is 53.9 Å². The summed E-state index contributed by atoms with van der Waals surface area (Å²) in [6, 6.07) is 19.0. The van der Waals surface area contributed by atoms with Gasteiger partial charge in [0.2, 0.25) is 0 Å². The molecule has 2 aromatic carbocycles. The number of rotatable bonds is 4. The second-order valence-electron chi connectivity index (χ2n) is 5.73. The average molecular weight is 387 g/mol. The highest BCUT2D eigenvalue weighted by atomic mass is 32.2. The summed E-state index contributed by atoms with van der Waals surface area (Å²) in [5.41, 5.74) is 2.64. The van der Waals surface area contributed by atoms with E-state index in [2.05, 4.69) is 0 Å². The third-order valence-corrected chi connectivity index (χ3v) is 6.28. The molecule has 1 aliphatic rings. The Kier molecular flexibility index (Phi) is 5.04. The van der Waals surface area contributed by atoms with Crippen LogP contribution >= 0.6 is 23.1 Å². The maximum atomic E-state index is 12.8. The summed E-state index contributed by atoms with van der Waals surface area (Å²) in [5, 5.41) is 1.96. The Labute approximate surface area is 158 Å². The van der Waals surface area contributed by atoms with E-state index in [1.165, 1.54) is 0 Å². The fourth-order valence-electron chi connectivity index (χ4n) is 2.93. The van der Waals surface area contributed by atoms with Crippen molar-refractivity contribution in [3.05, 3.63) is 76.5 Å². The number of hydrogen-bond donors (Lipinski definition) is 0. The molecular formula is C20H15F2NOS2. The number of alkyl halides is 2. The van der Waals surface area contributed by atoms with Crippen LogP contribution < -0.4 is 4.74 Å². The van der Waals surface area contributed by atoms with Gasteiger partial charge in [0.25, 0.3) is 0 Å². The van der Waals surface area contributed by atoms with Crippen LogP contribution in [0.25, 0.3) is 0 Å². The minimum atomic E-state index is -2.84. The summed E-state index contributed by atoms with van der Waals surface area (Å²) in [7, 11) is 0. The molecule has 3 aromatic rings. The summed E-state index contributed by atoms with van der Waals surface area (Å²) >= 11 is 3.27. The van der Waals surface area contributed by atoms with Gasteiger partial charge in [-0.05, 0) is 29.6 Å². The van der Waals surface area contributed by atoms with E-state index in [0.29, 0.717) is 6.42 Å². The molecule has 132 valence electrons. The molecule has 0 bridgehead atoms. The number of fused-ring (bicyclic) bond motifs is 1. The topological polar surface area (TPSA) is 21.6 Å². The van der Waals surface area contributed by atoms with Crippen molar-refractivity contribution >= 4 is 34.5 Å². The molecule has 0 aliphatic carbocycles. The quantitative estimate of drug-likeness (QED) is 0.496. The Morgan fingerprint density at radius 1 is 1.00 bits per heavy atom. The van der Waals surface area contributed by atoms with Crippen molar-refractivity contribution in [1.82, 2.24) is 0 Å². The zero-order chi connectivity index (χ0) is 17.9. The SMILES string of the molecule is FC(F)Oc1ccccc1[C@H]1CC(c2cccs2)=Nc2ccccc2S1. The lowest BCUT2D eigenvalue weighted by Crippen LogP contribution is -2.08. The van der Waals surface area contributed by atoms with E-state index >= 15 is 0 Å².